The lowest BCUT2D eigenvalue weighted by atomic mass is 10.2. The molecular weight excluding hydrogens is 165 g/mol. The Kier molecular flexibility index (Phi) is 2.23. The molecule has 0 atom stereocenters. The van der Waals surface area contributed by atoms with Gasteiger partial charge in [-0.3, -0.25) is 9.78 Å². The first kappa shape index (κ1) is 8.45. The van der Waals surface area contributed by atoms with Crippen molar-refractivity contribution in [3.05, 3.63) is 23.8 Å². The van der Waals surface area contributed by atoms with Crippen molar-refractivity contribution in [1.82, 2.24) is 4.98 Å². The summed E-state index contributed by atoms with van der Waals surface area (Å²) in [6.45, 7) is 0. The fraction of sp³-hybridized carbons (Fsp3) is 0.143. The van der Waals surface area contributed by atoms with Crippen molar-refractivity contribution in [2.45, 2.75) is 6.42 Å². The minimum atomic E-state index is -1.12. The summed E-state index contributed by atoms with van der Waals surface area (Å²) in [5, 5.41) is 17.3. The first-order valence-electron chi connectivity index (χ1n) is 3.15. The average Bonchev–Trinajstić information content (AvgIpc) is 1.94. The van der Waals surface area contributed by atoms with Crippen LogP contribution < -0.4 is 0 Å². The summed E-state index contributed by atoms with van der Waals surface area (Å²) in [6.07, 6.45) is 0.449. The molecule has 0 aliphatic heterocycles. The zero-order chi connectivity index (χ0) is 9.14. The number of carboxylic acid groups (broad SMARTS) is 1. The minimum Gasteiger partial charge on any atom is -0.506 e. The van der Waals surface area contributed by atoms with Crippen molar-refractivity contribution >= 4 is 5.97 Å². The van der Waals surface area contributed by atoms with Gasteiger partial charge in [0.05, 0.1) is 18.3 Å². The molecule has 1 aromatic rings. The Morgan fingerprint density at radius 1 is 1.67 bits per heavy atom. The van der Waals surface area contributed by atoms with Gasteiger partial charge in [0.15, 0.2) is 0 Å². The Labute approximate surface area is 67.3 Å². The fourth-order valence-corrected chi connectivity index (χ4v) is 0.736. The molecule has 1 rings (SSSR count). The van der Waals surface area contributed by atoms with Gasteiger partial charge in [0.1, 0.15) is 11.6 Å². The minimum absolute atomic E-state index is 0.0381. The molecule has 5 heteroatoms. The van der Waals surface area contributed by atoms with Crippen molar-refractivity contribution in [3.63, 3.8) is 0 Å². The molecule has 0 unspecified atom stereocenters. The van der Waals surface area contributed by atoms with Crippen molar-refractivity contribution in [1.29, 1.82) is 0 Å². The molecule has 1 aromatic heterocycles. The van der Waals surface area contributed by atoms with Crippen molar-refractivity contribution in [2.24, 2.45) is 0 Å². The topological polar surface area (TPSA) is 70.4 Å². The summed E-state index contributed by atoms with van der Waals surface area (Å²) in [5.41, 5.74) is -0.0381. The lowest BCUT2D eigenvalue weighted by Gasteiger charge is -1.98. The average molecular weight is 171 g/mol. The van der Waals surface area contributed by atoms with Crippen LogP contribution in [0.1, 0.15) is 5.69 Å². The van der Waals surface area contributed by atoms with Gasteiger partial charge in [-0.05, 0) is 0 Å². The SMILES string of the molecule is O=C(O)Cc1ncc(F)cc1O. The second kappa shape index (κ2) is 3.17. The molecule has 12 heavy (non-hydrogen) atoms. The van der Waals surface area contributed by atoms with E-state index in [4.69, 9.17) is 10.2 Å². The van der Waals surface area contributed by atoms with Gasteiger partial charge in [-0.1, -0.05) is 0 Å². The second-order valence-corrected chi connectivity index (χ2v) is 2.19. The normalized spacial score (nSPS) is 9.75. The lowest BCUT2D eigenvalue weighted by molar-refractivity contribution is -0.136. The smallest absolute Gasteiger partial charge is 0.309 e. The molecular formula is C7H6FNO3. The largest absolute Gasteiger partial charge is 0.506 e. The van der Waals surface area contributed by atoms with Gasteiger partial charge in [0.2, 0.25) is 0 Å². The van der Waals surface area contributed by atoms with E-state index in [9.17, 15) is 9.18 Å². The van der Waals surface area contributed by atoms with Crippen LogP contribution in [0.15, 0.2) is 12.3 Å². The third-order valence-electron chi connectivity index (χ3n) is 1.23. The molecule has 0 bridgehead atoms. The number of nitrogens with zero attached hydrogens (tertiary/aromatic N) is 1. The lowest BCUT2D eigenvalue weighted by Crippen LogP contribution is -2.02. The maximum absolute atomic E-state index is 12.3. The summed E-state index contributed by atoms with van der Waals surface area (Å²) >= 11 is 0. The van der Waals surface area contributed by atoms with Crippen molar-refractivity contribution in [3.8, 4) is 5.75 Å². The number of aliphatic carboxylic acids is 1. The number of hydrogen-bond acceptors (Lipinski definition) is 3. The highest BCUT2D eigenvalue weighted by molar-refractivity contribution is 5.70. The zero-order valence-corrected chi connectivity index (χ0v) is 5.99. The van der Waals surface area contributed by atoms with E-state index in [0.717, 1.165) is 12.3 Å². The van der Waals surface area contributed by atoms with Crippen molar-refractivity contribution < 1.29 is 19.4 Å². The number of aromatic hydroxyl groups is 1. The van der Waals surface area contributed by atoms with Gasteiger partial charge >= 0.3 is 5.97 Å². The first-order valence-corrected chi connectivity index (χ1v) is 3.15. The van der Waals surface area contributed by atoms with E-state index in [1.54, 1.807) is 0 Å². The van der Waals surface area contributed by atoms with Gasteiger partial charge in [0, 0.05) is 6.07 Å². The number of halogens is 1. The number of rotatable bonds is 2. The summed E-state index contributed by atoms with van der Waals surface area (Å²) in [7, 11) is 0. The number of pyridine rings is 1. The molecule has 0 fully saturated rings. The Balaban J connectivity index is 2.93. The summed E-state index contributed by atoms with van der Waals surface area (Å²) in [6, 6.07) is 0.825. The number of carbonyl (C=O) groups is 1. The predicted octanol–water partition coefficient (Wildman–Crippen LogP) is 0.553. The number of hydrogen-bond donors (Lipinski definition) is 2. The van der Waals surface area contributed by atoms with Crippen LogP contribution in [0.25, 0.3) is 0 Å². The number of carboxylic acids is 1. The molecule has 0 amide bonds. The maximum atomic E-state index is 12.3. The quantitative estimate of drug-likeness (QED) is 0.681. The third-order valence-corrected chi connectivity index (χ3v) is 1.23. The summed E-state index contributed by atoms with van der Waals surface area (Å²) in [5.74, 6) is -2.25. The van der Waals surface area contributed by atoms with Crippen LogP contribution in [0.5, 0.6) is 5.75 Å². The molecule has 64 valence electrons. The Morgan fingerprint density at radius 3 is 2.83 bits per heavy atom. The molecule has 2 N–H and O–H groups in total. The second-order valence-electron chi connectivity index (χ2n) is 2.19. The molecule has 0 aromatic carbocycles. The van der Waals surface area contributed by atoms with Gasteiger partial charge in [-0.2, -0.15) is 0 Å². The van der Waals surface area contributed by atoms with Crippen LogP contribution in [-0.4, -0.2) is 21.2 Å². The molecule has 0 saturated carbocycles. The zero-order valence-electron chi connectivity index (χ0n) is 5.99. The first-order chi connectivity index (χ1) is 5.59. The Hall–Kier alpha value is -1.65. The van der Waals surface area contributed by atoms with E-state index in [0.29, 0.717) is 0 Å². The van der Waals surface area contributed by atoms with E-state index in [1.807, 2.05) is 0 Å². The maximum Gasteiger partial charge on any atom is 0.309 e. The molecule has 4 nitrogen and oxygen atoms in total. The Bertz CT molecular complexity index is 314. The van der Waals surface area contributed by atoms with E-state index >= 15 is 0 Å². The molecule has 0 spiro atoms. The van der Waals surface area contributed by atoms with Crippen LogP contribution in [0.4, 0.5) is 4.39 Å². The van der Waals surface area contributed by atoms with E-state index in [-0.39, 0.29) is 5.69 Å². The van der Waals surface area contributed by atoms with Gasteiger partial charge in [0.25, 0.3) is 0 Å². The number of aromatic nitrogens is 1. The standard InChI is InChI=1S/C7H6FNO3/c8-4-1-6(10)5(9-3-4)2-7(11)12/h1,3,10H,2H2,(H,11,12). The third kappa shape index (κ3) is 1.91. The van der Waals surface area contributed by atoms with Gasteiger partial charge < -0.3 is 10.2 Å². The highest BCUT2D eigenvalue weighted by Crippen LogP contribution is 2.15. The van der Waals surface area contributed by atoms with Crippen LogP contribution in [-0.2, 0) is 11.2 Å². The molecule has 0 aliphatic rings. The van der Waals surface area contributed by atoms with Gasteiger partial charge in [-0.15, -0.1) is 0 Å². The van der Waals surface area contributed by atoms with Crippen LogP contribution in [0.2, 0.25) is 0 Å². The molecule has 0 saturated heterocycles. The Morgan fingerprint density at radius 2 is 2.33 bits per heavy atom. The van der Waals surface area contributed by atoms with Crippen LogP contribution in [0, 0.1) is 5.82 Å². The van der Waals surface area contributed by atoms with E-state index in [1.165, 1.54) is 0 Å². The van der Waals surface area contributed by atoms with E-state index in [2.05, 4.69) is 4.98 Å². The molecule has 1 heterocycles. The van der Waals surface area contributed by atoms with Crippen molar-refractivity contribution in [2.75, 3.05) is 0 Å². The summed E-state index contributed by atoms with van der Waals surface area (Å²) in [4.78, 5) is 13.6. The monoisotopic (exact) mass is 171 g/mol. The van der Waals surface area contributed by atoms with E-state index < -0.39 is 24.0 Å². The van der Waals surface area contributed by atoms with Crippen LogP contribution in [0.3, 0.4) is 0 Å². The van der Waals surface area contributed by atoms with Crippen LogP contribution >= 0.6 is 0 Å². The molecule has 0 radical (unpaired) electrons. The summed E-state index contributed by atoms with van der Waals surface area (Å²) < 4.78 is 12.3. The highest BCUT2D eigenvalue weighted by Gasteiger charge is 2.07. The van der Waals surface area contributed by atoms with Gasteiger partial charge in [-0.25, -0.2) is 4.39 Å². The predicted molar refractivity (Wildman–Crippen MR) is 37.2 cm³/mol. The fourth-order valence-electron chi connectivity index (χ4n) is 0.736. The molecule has 0 aliphatic carbocycles. The highest BCUT2D eigenvalue weighted by atomic mass is 19.1.